The molecule has 1 N–H and O–H groups in total. The van der Waals surface area contributed by atoms with Crippen molar-refractivity contribution in [1.29, 1.82) is 0 Å². The largest absolute Gasteiger partial charge is 0.353 e. The van der Waals surface area contributed by atoms with E-state index in [0.29, 0.717) is 5.92 Å². The van der Waals surface area contributed by atoms with Crippen molar-refractivity contribution >= 4 is 5.91 Å². The van der Waals surface area contributed by atoms with Crippen LogP contribution in [0.3, 0.4) is 0 Å². The van der Waals surface area contributed by atoms with Gasteiger partial charge < -0.3 is 5.32 Å². The number of amides is 1. The van der Waals surface area contributed by atoms with Crippen molar-refractivity contribution in [3.8, 4) is 0 Å². The lowest BCUT2D eigenvalue weighted by atomic mass is 10.1. The van der Waals surface area contributed by atoms with Gasteiger partial charge in [-0.3, -0.25) is 4.79 Å². The molecule has 0 bridgehead atoms. The molecule has 2 unspecified atom stereocenters. The van der Waals surface area contributed by atoms with Gasteiger partial charge in [0.1, 0.15) is 0 Å². The first kappa shape index (κ1) is 13.0. The van der Waals surface area contributed by atoms with Gasteiger partial charge in [-0.15, -0.1) is 0 Å². The number of carbonyl (C=O) groups is 1. The van der Waals surface area contributed by atoms with Crippen LogP contribution in [-0.4, -0.2) is 11.9 Å². The molecular formula is C14H17F2NO. The number of halogens is 2. The van der Waals surface area contributed by atoms with Crippen LogP contribution in [0.1, 0.15) is 31.7 Å². The van der Waals surface area contributed by atoms with Crippen LogP contribution in [0, 0.1) is 17.6 Å². The van der Waals surface area contributed by atoms with Gasteiger partial charge in [-0.25, -0.2) is 8.78 Å². The van der Waals surface area contributed by atoms with Crippen molar-refractivity contribution in [2.24, 2.45) is 5.92 Å². The topological polar surface area (TPSA) is 29.1 Å². The van der Waals surface area contributed by atoms with E-state index in [1.165, 1.54) is 12.1 Å². The van der Waals surface area contributed by atoms with Gasteiger partial charge in [0, 0.05) is 11.6 Å². The SMILES string of the molecule is CC1CCC(NC(=O)Cc2cccc(F)c2F)C1. The summed E-state index contributed by atoms with van der Waals surface area (Å²) in [6.45, 7) is 2.15. The van der Waals surface area contributed by atoms with E-state index in [1.54, 1.807) is 0 Å². The second-order valence-electron chi connectivity index (χ2n) is 5.07. The van der Waals surface area contributed by atoms with Gasteiger partial charge in [0.25, 0.3) is 0 Å². The summed E-state index contributed by atoms with van der Waals surface area (Å²) in [7, 11) is 0. The maximum absolute atomic E-state index is 13.4. The molecule has 2 nitrogen and oxygen atoms in total. The first-order chi connectivity index (χ1) is 8.56. The molecule has 0 saturated heterocycles. The minimum atomic E-state index is -0.924. The molecule has 0 aliphatic heterocycles. The predicted molar refractivity (Wildman–Crippen MR) is 65.0 cm³/mol. The summed E-state index contributed by atoms with van der Waals surface area (Å²) < 4.78 is 26.4. The van der Waals surface area contributed by atoms with Gasteiger partial charge in [0.15, 0.2) is 11.6 Å². The highest BCUT2D eigenvalue weighted by Crippen LogP contribution is 2.24. The van der Waals surface area contributed by atoms with E-state index in [0.717, 1.165) is 25.3 Å². The average Bonchev–Trinajstić information content (AvgIpc) is 2.70. The quantitative estimate of drug-likeness (QED) is 0.881. The minimum Gasteiger partial charge on any atom is -0.353 e. The molecule has 0 heterocycles. The molecule has 98 valence electrons. The maximum atomic E-state index is 13.4. The predicted octanol–water partition coefficient (Wildman–Crippen LogP) is 2.81. The number of rotatable bonds is 3. The Kier molecular flexibility index (Phi) is 3.94. The smallest absolute Gasteiger partial charge is 0.224 e. The molecule has 1 fully saturated rings. The molecule has 1 saturated carbocycles. The number of nitrogens with one attached hydrogen (secondary N) is 1. The van der Waals surface area contributed by atoms with Crippen LogP contribution in [0.5, 0.6) is 0 Å². The maximum Gasteiger partial charge on any atom is 0.224 e. The van der Waals surface area contributed by atoms with E-state index in [-0.39, 0.29) is 23.9 Å². The van der Waals surface area contributed by atoms with Crippen LogP contribution in [0.4, 0.5) is 8.78 Å². The summed E-state index contributed by atoms with van der Waals surface area (Å²) in [5.41, 5.74) is 0.110. The summed E-state index contributed by atoms with van der Waals surface area (Å²) in [6.07, 6.45) is 2.95. The van der Waals surface area contributed by atoms with Gasteiger partial charge >= 0.3 is 0 Å². The van der Waals surface area contributed by atoms with Gasteiger partial charge in [-0.1, -0.05) is 19.1 Å². The van der Waals surface area contributed by atoms with Crippen LogP contribution in [0.2, 0.25) is 0 Å². The highest BCUT2D eigenvalue weighted by atomic mass is 19.2. The minimum absolute atomic E-state index is 0.103. The Morgan fingerprint density at radius 2 is 2.17 bits per heavy atom. The normalized spacial score (nSPS) is 23.1. The van der Waals surface area contributed by atoms with Crippen LogP contribution in [0.15, 0.2) is 18.2 Å². The summed E-state index contributed by atoms with van der Waals surface area (Å²) in [6, 6.07) is 4.09. The standard InChI is InChI=1S/C14H17F2NO/c1-9-5-6-11(7-9)17-13(18)8-10-3-2-4-12(15)14(10)16/h2-4,9,11H,5-8H2,1H3,(H,17,18). The number of hydrogen-bond donors (Lipinski definition) is 1. The molecule has 1 aliphatic carbocycles. The van der Waals surface area contributed by atoms with Gasteiger partial charge in [-0.2, -0.15) is 0 Å². The van der Waals surface area contributed by atoms with Crippen LogP contribution >= 0.6 is 0 Å². The lowest BCUT2D eigenvalue weighted by Crippen LogP contribution is -2.34. The zero-order chi connectivity index (χ0) is 13.1. The third-order valence-electron chi connectivity index (χ3n) is 3.44. The molecule has 4 heteroatoms. The van der Waals surface area contributed by atoms with Crippen LogP contribution < -0.4 is 5.32 Å². The second kappa shape index (κ2) is 5.46. The third-order valence-corrected chi connectivity index (χ3v) is 3.44. The average molecular weight is 253 g/mol. The lowest BCUT2D eigenvalue weighted by molar-refractivity contribution is -0.121. The van der Waals surface area contributed by atoms with Crippen molar-refractivity contribution in [3.05, 3.63) is 35.4 Å². The van der Waals surface area contributed by atoms with Crippen molar-refractivity contribution in [2.45, 2.75) is 38.6 Å². The molecule has 1 aliphatic rings. The van der Waals surface area contributed by atoms with Crippen molar-refractivity contribution in [3.63, 3.8) is 0 Å². The van der Waals surface area contributed by atoms with Gasteiger partial charge in [-0.05, 0) is 31.2 Å². The Hall–Kier alpha value is -1.45. The first-order valence-corrected chi connectivity index (χ1v) is 6.28. The van der Waals surface area contributed by atoms with Crippen LogP contribution in [0.25, 0.3) is 0 Å². The van der Waals surface area contributed by atoms with Crippen LogP contribution in [-0.2, 0) is 11.2 Å². The Balaban J connectivity index is 1.93. The highest BCUT2D eigenvalue weighted by molar-refractivity contribution is 5.78. The third kappa shape index (κ3) is 3.06. The summed E-state index contributed by atoms with van der Waals surface area (Å²) in [5.74, 6) is -1.44. The monoisotopic (exact) mass is 253 g/mol. The summed E-state index contributed by atoms with van der Waals surface area (Å²) in [4.78, 5) is 11.7. The molecule has 0 aromatic heterocycles. The van der Waals surface area contributed by atoms with E-state index < -0.39 is 11.6 Å². The van der Waals surface area contributed by atoms with E-state index in [1.807, 2.05) is 0 Å². The molecule has 1 amide bonds. The fourth-order valence-corrected chi connectivity index (χ4v) is 2.47. The van der Waals surface area contributed by atoms with Crippen molar-refractivity contribution < 1.29 is 13.6 Å². The molecular weight excluding hydrogens is 236 g/mol. The van der Waals surface area contributed by atoms with Crippen molar-refractivity contribution in [2.75, 3.05) is 0 Å². The number of hydrogen-bond acceptors (Lipinski definition) is 1. The number of benzene rings is 1. The van der Waals surface area contributed by atoms with E-state index in [4.69, 9.17) is 0 Å². The summed E-state index contributed by atoms with van der Waals surface area (Å²) >= 11 is 0. The Bertz CT molecular complexity index is 447. The zero-order valence-electron chi connectivity index (χ0n) is 10.4. The molecule has 0 radical (unpaired) electrons. The second-order valence-corrected chi connectivity index (χ2v) is 5.07. The van der Waals surface area contributed by atoms with E-state index in [9.17, 15) is 13.6 Å². The summed E-state index contributed by atoms with van der Waals surface area (Å²) in [5, 5.41) is 2.88. The zero-order valence-corrected chi connectivity index (χ0v) is 10.4. The molecule has 0 spiro atoms. The van der Waals surface area contributed by atoms with Gasteiger partial charge in [0.05, 0.1) is 6.42 Å². The molecule has 18 heavy (non-hydrogen) atoms. The Morgan fingerprint density at radius 3 is 2.83 bits per heavy atom. The van der Waals surface area contributed by atoms with E-state index in [2.05, 4.69) is 12.2 Å². The Morgan fingerprint density at radius 1 is 1.39 bits per heavy atom. The lowest BCUT2D eigenvalue weighted by Gasteiger charge is -2.12. The molecule has 1 aromatic carbocycles. The van der Waals surface area contributed by atoms with Gasteiger partial charge in [0.2, 0.25) is 5.91 Å². The Labute approximate surface area is 105 Å². The number of carbonyl (C=O) groups excluding carboxylic acids is 1. The molecule has 2 atom stereocenters. The van der Waals surface area contributed by atoms with E-state index >= 15 is 0 Å². The van der Waals surface area contributed by atoms with Crippen molar-refractivity contribution in [1.82, 2.24) is 5.32 Å². The first-order valence-electron chi connectivity index (χ1n) is 6.28. The molecule has 2 rings (SSSR count). The fourth-order valence-electron chi connectivity index (χ4n) is 2.47. The fraction of sp³-hybridized carbons (Fsp3) is 0.500. The highest BCUT2D eigenvalue weighted by Gasteiger charge is 2.23. The molecule has 1 aromatic rings.